The maximum Gasteiger partial charge on any atom is 0.163 e. The van der Waals surface area contributed by atoms with Crippen molar-refractivity contribution in [3.63, 3.8) is 0 Å². The Morgan fingerprint density at radius 3 is 2.85 bits per heavy atom. The average molecular weight is 278 g/mol. The number of anilines is 1. The molecule has 2 heterocycles. The Bertz CT molecular complexity index is 567. The Morgan fingerprint density at radius 1 is 1.40 bits per heavy atom. The van der Waals surface area contributed by atoms with Gasteiger partial charge >= 0.3 is 0 Å². The maximum atomic E-state index is 5.12. The van der Waals surface area contributed by atoms with E-state index in [0.717, 1.165) is 35.8 Å². The van der Waals surface area contributed by atoms with Crippen LogP contribution in [0, 0.1) is 0 Å². The molecule has 110 valence electrons. The van der Waals surface area contributed by atoms with Crippen LogP contribution >= 0.6 is 0 Å². The van der Waals surface area contributed by atoms with Gasteiger partial charge in [-0.3, -0.25) is 9.58 Å². The summed E-state index contributed by atoms with van der Waals surface area (Å²) >= 11 is 0. The number of hydrogen-bond donors (Lipinski definition) is 1. The smallest absolute Gasteiger partial charge is 0.163 e. The van der Waals surface area contributed by atoms with E-state index in [1.807, 2.05) is 14.1 Å². The minimum absolute atomic E-state index is 0.704. The molecule has 0 fully saturated rings. The molecule has 7 heteroatoms. The van der Waals surface area contributed by atoms with Gasteiger partial charge < -0.3 is 10.1 Å². The number of ether oxygens (including phenoxy) is 1. The van der Waals surface area contributed by atoms with E-state index in [-0.39, 0.29) is 0 Å². The number of rotatable bonds is 7. The number of aryl methyl sites for hydroxylation is 1. The predicted octanol–water partition coefficient (Wildman–Crippen LogP) is 0.873. The SMILES string of the molecule is CCN(CCOC)Cc1nc(NC)c2cnn(C)c2n1. The van der Waals surface area contributed by atoms with Crippen molar-refractivity contribution in [3.05, 3.63) is 12.0 Å². The Hall–Kier alpha value is -1.73. The van der Waals surface area contributed by atoms with Crippen LogP contribution < -0.4 is 5.32 Å². The Morgan fingerprint density at radius 2 is 2.20 bits per heavy atom. The fourth-order valence-electron chi connectivity index (χ4n) is 2.10. The monoisotopic (exact) mass is 278 g/mol. The van der Waals surface area contributed by atoms with Gasteiger partial charge in [0, 0.05) is 27.7 Å². The highest BCUT2D eigenvalue weighted by atomic mass is 16.5. The van der Waals surface area contributed by atoms with Gasteiger partial charge in [-0.05, 0) is 6.54 Å². The summed E-state index contributed by atoms with van der Waals surface area (Å²) in [5, 5.41) is 8.29. The third-order valence-electron chi connectivity index (χ3n) is 3.30. The van der Waals surface area contributed by atoms with Crippen molar-refractivity contribution in [1.82, 2.24) is 24.6 Å². The fraction of sp³-hybridized carbons (Fsp3) is 0.615. The van der Waals surface area contributed by atoms with Crippen molar-refractivity contribution in [2.75, 3.05) is 39.2 Å². The maximum absolute atomic E-state index is 5.12. The van der Waals surface area contributed by atoms with Gasteiger partial charge in [-0.2, -0.15) is 5.10 Å². The van der Waals surface area contributed by atoms with E-state index < -0.39 is 0 Å². The highest BCUT2D eigenvalue weighted by molar-refractivity contribution is 5.86. The van der Waals surface area contributed by atoms with Gasteiger partial charge in [0.15, 0.2) is 5.65 Å². The summed E-state index contributed by atoms with van der Waals surface area (Å²) in [5.74, 6) is 1.62. The molecule has 0 spiro atoms. The quantitative estimate of drug-likeness (QED) is 0.810. The standard InChI is InChI=1S/C13H22N6O/c1-5-19(6-7-20-4)9-11-16-12(14-2)10-8-15-18(3)13(10)17-11/h8H,5-7,9H2,1-4H3,(H,14,16,17). The molecule has 20 heavy (non-hydrogen) atoms. The lowest BCUT2D eigenvalue weighted by Gasteiger charge is -2.19. The summed E-state index contributed by atoms with van der Waals surface area (Å²) in [6.07, 6.45) is 1.79. The van der Waals surface area contributed by atoms with E-state index in [4.69, 9.17) is 4.74 Å². The molecule has 0 saturated carbocycles. The molecule has 0 atom stereocenters. The van der Waals surface area contributed by atoms with Crippen molar-refractivity contribution in [3.8, 4) is 0 Å². The molecule has 7 nitrogen and oxygen atoms in total. The van der Waals surface area contributed by atoms with Gasteiger partial charge in [0.25, 0.3) is 0 Å². The van der Waals surface area contributed by atoms with Gasteiger partial charge in [-0.25, -0.2) is 9.97 Å². The molecule has 0 saturated heterocycles. The van der Waals surface area contributed by atoms with E-state index in [1.54, 1.807) is 18.0 Å². The molecule has 2 aromatic rings. The van der Waals surface area contributed by atoms with Crippen LogP contribution in [0.5, 0.6) is 0 Å². The van der Waals surface area contributed by atoms with Gasteiger partial charge in [-0.1, -0.05) is 6.92 Å². The fourth-order valence-corrected chi connectivity index (χ4v) is 2.10. The van der Waals surface area contributed by atoms with Crippen molar-refractivity contribution in [2.24, 2.45) is 7.05 Å². The van der Waals surface area contributed by atoms with Crippen LogP contribution in [0.15, 0.2) is 6.20 Å². The molecule has 0 bridgehead atoms. The highest BCUT2D eigenvalue weighted by Crippen LogP contribution is 2.19. The topological polar surface area (TPSA) is 68.1 Å². The van der Waals surface area contributed by atoms with E-state index in [9.17, 15) is 0 Å². The van der Waals surface area contributed by atoms with E-state index in [0.29, 0.717) is 13.2 Å². The van der Waals surface area contributed by atoms with Crippen LogP contribution in [0.3, 0.4) is 0 Å². The van der Waals surface area contributed by atoms with Crippen LogP contribution in [-0.4, -0.2) is 58.5 Å². The van der Waals surface area contributed by atoms with Gasteiger partial charge in [0.05, 0.1) is 24.7 Å². The first-order chi connectivity index (χ1) is 9.69. The zero-order valence-electron chi connectivity index (χ0n) is 12.6. The summed E-state index contributed by atoms with van der Waals surface area (Å²) in [6, 6.07) is 0. The number of nitrogens with zero attached hydrogens (tertiary/aromatic N) is 5. The predicted molar refractivity (Wildman–Crippen MR) is 78.7 cm³/mol. The molecular weight excluding hydrogens is 256 g/mol. The Labute approximate surface area is 119 Å². The second kappa shape index (κ2) is 6.62. The molecule has 0 amide bonds. The first-order valence-corrected chi connectivity index (χ1v) is 6.77. The van der Waals surface area contributed by atoms with E-state index >= 15 is 0 Å². The molecule has 0 aromatic carbocycles. The van der Waals surface area contributed by atoms with E-state index in [2.05, 4.69) is 32.2 Å². The molecule has 2 aromatic heterocycles. The molecule has 0 radical (unpaired) electrons. The Kier molecular flexibility index (Phi) is 4.86. The Balaban J connectivity index is 2.27. The second-order valence-electron chi connectivity index (χ2n) is 4.61. The lowest BCUT2D eigenvalue weighted by molar-refractivity contribution is 0.146. The molecule has 0 aliphatic carbocycles. The summed E-state index contributed by atoms with van der Waals surface area (Å²) in [5.41, 5.74) is 0.849. The number of aromatic nitrogens is 4. The lowest BCUT2D eigenvalue weighted by atomic mass is 10.3. The first-order valence-electron chi connectivity index (χ1n) is 6.77. The summed E-state index contributed by atoms with van der Waals surface area (Å²) in [6.45, 7) is 5.34. The second-order valence-corrected chi connectivity index (χ2v) is 4.61. The van der Waals surface area contributed by atoms with Crippen molar-refractivity contribution >= 4 is 16.9 Å². The molecular formula is C13H22N6O. The third kappa shape index (κ3) is 3.05. The summed E-state index contributed by atoms with van der Waals surface area (Å²) in [4.78, 5) is 11.4. The van der Waals surface area contributed by atoms with Gasteiger partial charge in [0.1, 0.15) is 11.6 Å². The molecule has 0 aliphatic rings. The van der Waals surface area contributed by atoms with Crippen LogP contribution in [0.25, 0.3) is 11.0 Å². The summed E-state index contributed by atoms with van der Waals surface area (Å²) in [7, 11) is 5.47. The molecule has 1 N–H and O–H groups in total. The van der Waals surface area contributed by atoms with Crippen LogP contribution in [0.4, 0.5) is 5.82 Å². The number of likely N-dealkylation sites (N-methyl/N-ethyl adjacent to an activating group) is 1. The normalized spacial score (nSPS) is 11.4. The van der Waals surface area contributed by atoms with Crippen LogP contribution in [-0.2, 0) is 18.3 Å². The average Bonchev–Trinajstić information content (AvgIpc) is 2.84. The number of hydrogen-bond acceptors (Lipinski definition) is 6. The van der Waals surface area contributed by atoms with E-state index in [1.165, 1.54) is 0 Å². The molecule has 0 unspecified atom stereocenters. The largest absolute Gasteiger partial charge is 0.383 e. The molecule has 0 aliphatic heterocycles. The zero-order chi connectivity index (χ0) is 14.5. The minimum atomic E-state index is 0.704. The van der Waals surface area contributed by atoms with Crippen molar-refractivity contribution in [2.45, 2.75) is 13.5 Å². The van der Waals surface area contributed by atoms with Crippen LogP contribution in [0.1, 0.15) is 12.7 Å². The van der Waals surface area contributed by atoms with Gasteiger partial charge in [0.2, 0.25) is 0 Å². The third-order valence-corrected chi connectivity index (χ3v) is 3.30. The zero-order valence-corrected chi connectivity index (χ0v) is 12.6. The van der Waals surface area contributed by atoms with Crippen molar-refractivity contribution < 1.29 is 4.74 Å². The highest BCUT2D eigenvalue weighted by Gasteiger charge is 2.12. The van der Waals surface area contributed by atoms with Crippen molar-refractivity contribution in [1.29, 1.82) is 0 Å². The van der Waals surface area contributed by atoms with Gasteiger partial charge in [-0.15, -0.1) is 0 Å². The lowest BCUT2D eigenvalue weighted by Crippen LogP contribution is -2.27. The van der Waals surface area contributed by atoms with Crippen LogP contribution in [0.2, 0.25) is 0 Å². The number of methoxy groups -OCH3 is 1. The first kappa shape index (κ1) is 14.7. The number of nitrogens with one attached hydrogen (secondary N) is 1. The number of fused-ring (bicyclic) bond motifs is 1. The molecule has 2 rings (SSSR count). The summed E-state index contributed by atoms with van der Waals surface area (Å²) < 4.78 is 6.90. The minimum Gasteiger partial charge on any atom is -0.383 e.